The van der Waals surface area contributed by atoms with Crippen LogP contribution in [0.4, 0.5) is 5.82 Å². The third-order valence-electron chi connectivity index (χ3n) is 6.74. The quantitative estimate of drug-likeness (QED) is 0.489. The van der Waals surface area contributed by atoms with Gasteiger partial charge in [0.25, 0.3) is 0 Å². The van der Waals surface area contributed by atoms with Crippen molar-refractivity contribution in [1.29, 1.82) is 0 Å². The molecule has 2 fully saturated rings. The van der Waals surface area contributed by atoms with Crippen LogP contribution in [0, 0.1) is 0 Å². The molecule has 1 atom stereocenters. The fraction of sp³-hybridized carbons (Fsp3) is 0.480. The molecule has 0 saturated carbocycles. The molecule has 1 aromatic carbocycles. The van der Waals surface area contributed by atoms with Crippen LogP contribution < -0.4 is 4.90 Å². The lowest BCUT2D eigenvalue weighted by molar-refractivity contribution is 0.0104. The van der Waals surface area contributed by atoms with Crippen LogP contribution in [0.25, 0.3) is 17.1 Å². The number of morpholine rings is 1. The van der Waals surface area contributed by atoms with Crippen LogP contribution in [0.15, 0.2) is 30.5 Å². The first kappa shape index (κ1) is 23.5. The van der Waals surface area contributed by atoms with E-state index in [0.717, 1.165) is 44.8 Å². The molecule has 35 heavy (non-hydrogen) atoms. The largest absolute Gasteiger partial charge is 0.508 e. The number of pyridine rings is 1. The Morgan fingerprint density at radius 2 is 1.69 bits per heavy atom. The Hall–Kier alpha value is -3.21. The number of hydrogen-bond acceptors (Lipinski definition) is 9. The molecule has 2 aliphatic rings. The van der Waals surface area contributed by atoms with Gasteiger partial charge in [0.1, 0.15) is 17.3 Å². The van der Waals surface area contributed by atoms with Crippen molar-refractivity contribution in [2.75, 3.05) is 44.3 Å². The first-order valence-electron chi connectivity index (χ1n) is 12.2. The highest BCUT2D eigenvalue weighted by Crippen LogP contribution is 2.39. The molecular weight excluding hydrogens is 448 g/mol. The normalized spacial score (nSPS) is 17.9. The highest BCUT2D eigenvalue weighted by molar-refractivity contribution is 5.69. The summed E-state index contributed by atoms with van der Waals surface area (Å²) in [4.78, 5) is 8.81. The topological polar surface area (TPSA) is 120 Å². The summed E-state index contributed by atoms with van der Waals surface area (Å²) < 4.78 is 7.19. The summed E-state index contributed by atoms with van der Waals surface area (Å²) >= 11 is 0. The molecule has 0 radical (unpaired) electrons. The summed E-state index contributed by atoms with van der Waals surface area (Å²) in [6.45, 7) is 8.39. The SMILES string of the molecule is CC(C)c1cc(-c2nnc(C(O)N3CCCC3)n2-c2ccc(N3CCOCC3)nc2)c(O)cc1O. The van der Waals surface area contributed by atoms with E-state index in [1.165, 1.54) is 6.07 Å². The molecule has 2 aliphatic heterocycles. The van der Waals surface area contributed by atoms with E-state index in [0.29, 0.717) is 41.7 Å². The van der Waals surface area contributed by atoms with Gasteiger partial charge in [-0.2, -0.15) is 0 Å². The van der Waals surface area contributed by atoms with Gasteiger partial charge < -0.3 is 25.0 Å². The average Bonchev–Trinajstić information content (AvgIpc) is 3.55. The number of phenolic OH excluding ortho intramolecular Hbond substituents is 2. The maximum atomic E-state index is 11.2. The molecule has 4 heterocycles. The number of ether oxygens (including phenoxy) is 1. The zero-order valence-electron chi connectivity index (χ0n) is 20.1. The molecule has 0 aliphatic carbocycles. The Balaban J connectivity index is 1.61. The number of aliphatic hydroxyl groups excluding tert-OH is 1. The standard InChI is InChI=1S/C25H32N6O4/c1-16(2)18-13-19(21(33)14-20(18)32)23-27-28-24(25(34)30-7-3-4-8-30)31(23)17-5-6-22(26-15-17)29-9-11-35-12-10-29/h5-6,13-16,25,32-34H,3-4,7-12H2,1-2H3. The Morgan fingerprint density at radius 1 is 0.943 bits per heavy atom. The lowest BCUT2D eigenvalue weighted by Gasteiger charge is -2.28. The molecule has 2 aromatic heterocycles. The summed E-state index contributed by atoms with van der Waals surface area (Å²) in [5.74, 6) is 1.54. The van der Waals surface area contributed by atoms with E-state index in [2.05, 4.69) is 20.1 Å². The number of hydrogen-bond donors (Lipinski definition) is 3. The van der Waals surface area contributed by atoms with Crippen LogP contribution in [0.2, 0.25) is 0 Å². The van der Waals surface area contributed by atoms with Crippen molar-refractivity contribution in [2.45, 2.75) is 38.8 Å². The van der Waals surface area contributed by atoms with Crippen LogP contribution >= 0.6 is 0 Å². The fourth-order valence-electron chi connectivity index (χ4n) is 4.77. The molecule has 3 aromatic rings. The number of nitrogens with zero attached hydrogens (tertiary/aromatic N) is 6. The third kappa shape index (κ3) is 4.56. The minimum Gasteiger partial charge on any atom is -0.508 e. The van der Waals surface area contributed by atoms with Crippen molar-refractivity contribution in [3.63, 3.8) is 0 Å². The predicted octanol–water partition coefficient (Wildman–Crippen LogP) is 2.79. The van der Waals surface area contributed by atoms with Gasteiger partial charge in [0, 0.05) is 32.2 Å². The van der Waals surface area contributed by atoms with Gasteiger partial charge in [-0.05, 0) is 42.5 Å². The minimum absolute atomic E-state index is 0.0289. The van der Waals surface area contributed by atoms with E-state index in [1.54, 1.807) is 16.8 Å². The van der Waals surface area contributed by atoms with Gasteiger partial charge in [-0.1, -0.05) is 13.8 Å². The highest BCUT2D eigenvalue weighted by atomic mass is 16.5. The molecule has 0 bridgehead atoms. The Bertz CT molecular complexity index is 1170. The smallest absolute Gasteiger partial charge is 0.182 e. The summed E-state index contributed by atoms with van der Waals surface area (Å²) in [6.07, 6.45) is 2.83. The van der Waals surface area contributed by atoms with E-state index in [1.807, 2.05) is 30.9 Å². The van der Waals surface area contributed by atoms with Crippen molar-refractivity contribution < 1.29 is 20.1 Å². The van der Waals surface area contributed by atoms with Gasteiger partial charge in [0.15, 0.2) is 17.9 Å². The molecule has 5 rings (SSSR count). The van der Waals surface area contributed by atoms with Gasteiger partial charge in [0.05, 0.1) is 30.7 Å². The van der Waals surface area contributed by atoms with Crippen molar-refractivity contribution in [3.8, 4) is 28.6 Å². The number of anilines is 1. The number of benzene rings is 1. The summed E-state index contributed by atoms with van der Waals surface area (Å²) in [7, 11) is 0. The Labute approximate surface area is 204 Å². The maximum absolute atomic E-state index is 11.2. The van der Waals surface area contributed by atoms with Gasteiger partial charge in [-0.15, -0.1) is 10.2 Å². The van der Waals surface area contributed by atoms with E-state index in [4.69, 9.17) is 4.74 Å². The van der Waals surface area contributed by atoms with Crippen molar-refractivity contribution in [3.05, 3.63) is 41.9 Å². The minimum atomic E-state index is -0.943. The highest BCUT2D eigenvalue weighted by Gasteiger charge is 2.29. The predicted molar refractivity (Wildman–Crippen MR) is 131 cm³/mol. The van der Waals surface area contributed by atoms with Gasteiger partial charge in [-0.25, -0.2) is 4.98 Å². The Kier molecular flexibility index (Phi) is 6.59. The Morgan fingerprint density at radius 3 is 2.34 bits per heavy atom. The second-order valence-electron chi connectivity index (χ2n) is 9.39. The summed E-state index contributed by atoms with van der Waals surface area (Å²) in [5.41, 5.74) is 1.79. The number of aromatic hydroxyl groups is 2. The van der Waals surface area contributed by atoms with Crippen molar-refractivity contribution in [1.82, 2.24) is 24.6 Å². The van der Waals surface area contributed by atoms with Crippen LogP contribution in [0.5, 0.6) is 11.5 Å². The fourth-order valence-corrected chi connectivity index (χ4v) is 4.77. The molecule has 2 saturated heterocycles. The average molecular weight is 481 g/mol. The summed E-state index contributed by atoms with van der Waals surface area (Å²) in [5, 5.41) is 41.0. The second-order valence-corrected chi connectivity index (χ2v) is 9.39. The molecular formula is C25H32N6O4. The van der Waals surface area contributed by atoms with Crippen LogP contribution in [0.3, 0.4) is 0 Å². The van der Waals surface area contributed by atoms with E-state index >= 15 is 0 Å². The number of aromatic nitrogens is 4. The van der Waals surface area contributed by atoms with E-state index < -0.39 is 6.23 Å². The molecule has 10 heteroatoms. The van der Waals surface area contributed by atoms with Gasteiger partial charge in [-0.3, -0.25) is 9.47 Å². The molecule has 3 N–H and O–H groups in total. The zero-order valence-corrected chi connectivity index (χ0v) is 20.1. The van der Waals surface area contributed by atoms with Crippen LogP contribution in [-0.4, -0.2) is 79.4 Å². The molecule has 10 nitrogen and oxygen atoms in total. The van der Waals surface area contributed by atoms with Crippen LogP contribution in [0.1, 0.15) is 50.2 Å². The molecule has 0 amide bonds. The number of likely N-dealkylation sites (tertiary alicyclic amines) is 1. The first-order chi connectivity index (χ1) is 16.9. The van der Waals surface area contributed by atoms with Gasteiger partial charge >= 0.3 is 0 Å². The first-order valence-corrected chi connectivity index (χ1v) is 12.2. The summed E-state index contributed by atoms with van der Waals surface area (Å²) in [6, 6.07) is 6.93. The second kappa shape index (κ2) is 9.80. The third-order valence-corrected chi connectivity index (χ3v) is 6.74. The molecule has 186 valence electrons. The zero-order chi connectivity index (χ0) is 24.5. The van der Waals surface area contributed by atoms with E-state index in [9.17, 15) is 15.3 Å². The monoisotopic (exact) mass is 480 g/mol. The number of phenols is 2. The number of rotatable bonds is 6. The molecule has 0 spiro atoms. The van der Waals surface area contributed by atoms with Crippen molar-refractivity contribution in [2.24, 2.45) is 0 Å². The number of aliphatic hydroxyl groups is 1. The van der Waals surface area contributed by atoms with Gasteiger partial charge in [0.2, 0.25) is 0 Å². The van der Waals surface area contributed by atoms with E-state index in [-0.39, 0.29) is 17.4 Å². The lowest BCUT2D eigenvalue weighted by atomic mass is 9.98. The molecule has 1 unspecified atom stereocenters. The van der Waals surface area contributed by atoms with Crippen molar-refractivity contribution >= 4 is 5.82 Å². The lowest BCUT2D eigenvalue weighted by Crippen LogP contribution is -2.36. The van der Waals surface area contributed by atoms with Crippen LogP contribution in [-0.2, 0) is 4.74 Å². The maximum Gasteiger partial charge on any atom is 0.182 e.